The van der Waals surface area contributed by atoms with Gasteiger partial charge in [0.25, 0.3) is 0 Å². The third-order valence-corrected chi connectivity index (χ3v) is 3.78. The largest absolute Gasteiger partial charge is 0.355 e. The fourth-order valence-electron chi connectivity index (χ4n) is 2.61. The molecule has 5 heteroatoms. The smallest absolute Gasteiger partial charge is 0.191 e. The standard InChI is InChI=1S/C16H27N5/c1-14-7-6-8-15(20-14)13-19-16(17-2)18-9-12-21-10-4-3-5-11-21/h6-8H,3-5,9-13H2,1-2H3,(H2,17,18,19). The van der Waals surface area contributed by atoms with Gasteiger partial charge in [-0.3, -0.25) is 9.98 Å². The summed E-state index contributed by atoms with van der Waals surface area (Å²) in [6.07, 6.45) is 4.06. The summed E-state index contributed by atoms with van der Waals surface area (Å²) in [4.78, 5) is 11.3. The minimum Gasteiger partial charge on any atom is -0.355 e. The van der Waals surface area contributed by atoms with Crippen LogP contribution < -0.4 is 10.6 Å². The van der Waals surface area contributed by atoms with Crippen molar-refractivity contribution in [2.75, 3.05) is 33.2 Å². The topological polar surface area (TPSA) is 52.6 Å². The quantitative estimate of drug-likeness (QED) is 0.638. The van der Waals surface area contributed by atoms with Crippen LogP contribution in [-0.2, 0) is 6.54 Å². The molecule has 1 fully saturated rings. The van der Waals surface area contributed by atoms with Gasteiger partial charge in [0, 0.05) is 25.8 Å². The Bertz CT molecular complexity index is 452. The fourth-order valence-corrected chi connectivity index (χ4v) is 2.61. The molecule has 116 valence electrons. The molecule has 0 atom stereocenters. The number of guanidine groups is 1. The first-order chi connectivity index (χ1) is 10.3. The lowest BCUT2D eigenvalue weighted by Crippen LogP contribution is -2.42. The number of aliphatic imine (C=N–C) groups is 1. The second-order valence-corrected chi connectivity index (χ2v) is 5.53. The molecule has 0 unspecified atom stereocenters. The van der Waals surface area contributed by atoms with E-state index in [9.17, 15) is 0 Å². The van der Waals surface area contributed by atoms with E-state index in [4.69, 9.17) is 0 Å². The van der Waals surface area contributed by atoms with Crippen LogP contribution in [-0.4, -0.2) is 49.1 Å². The highest BCUT2D eigenvalue weighted by molar-refractivity contribution is 5.79. The minimum atomic E-state index is 0.699. The lowest BCUT2D eigenvalue weighted by atomic mass is 10.1. The van der Waals surface area contributed by atoms with E-state index >= 15 is 0 Å². The summed E-state index contributed by atoms with van der Waals surface area (Å²) in [5.41, 5.74) is 2.08. The second-order valence-electron chi connectivity index (χ2n) is 5.53. The van der Waals surface area contributed by atoms with Crippen molar-refractivity contribution in [2.45, 2.75) is 32.7 Å². The molecule has 1 saturated heterocycles. The maximum atomic E-state index is 4.48. The molecule has 0 saturated carbocycles. The van der Waals surface area contributed by atoms with Gasteiger partial charge in [-0.1, -0.05) is 12.5 Å². The molecule has 21 heavy (non-hydrogen) atoms. The van der Waals surface area contributed by atoms with Gasteiger partial charge in [0.1, 0.15) is 0 Å². The summed E-state index contributed by atoms with van der Waals surface area (Å²) in [6, 6.07) is 6.07. The molecule has 2 rings (SSSR count). The van der Waals surface area contributed by atoms with Gasteiger partial charge in [0.2, 0.25) is 0 Å². The summed E-state index contributed by atoms with van der Waals surface area (Å²) in [6.45, 7) is 7.20. The first kappa shape index (κ1) is 15.8. The average Bonchev–Trinajstić information content (AvgIpc) is 2.52. The molecule has 2 heterocycles. The van der Waals surface area contributed by atoms with Crippen LogP contribution in [0.2, 0.25) is 0 Å². The van der Waals surface area contributed by atoms with Crippen molar-refractivity contribution in [3.05, 3.63) is 29.6 Å². The maximum absolute atomic E-state index is 4.48. The van der Waals surface area contributed by atoms with Crippen LogP contribution in [0.15, 0.2) is 23.2 Å². The Kier molecular flexibility index (Phi) is 6.47. The van der Waals surface area contributed by atoms with E-state index in [1.54, 1.807) is 7.05 Å². The van der Waals surface area contributed by atoms with Crippen LogP contribution in [0.4, 0.5) is 0 Å². The predicted octanol–water partition coefficient (Wildman–Crippen LogP) is 1.54. The van der Waals surface area contributed by atoms with Crippen LogP contribution in [0, 0.1) is 6.92 Å². The van der Waals surface area contributed by atoms with E-state index < -0.39 is 0 Å². The first-order valence-electron chi connectivity index (χ1n) is 7.87. The molecule has 0 radical (unpaired) electrons. The van der Waals surface area contributed by atoms with Crippen LogP contribution in [0.1, 0.15) is 30.7 Å². The van der Waals surface area contributed by atoms with Crippen molar-refractivity contribution in [3.8, 4) is 0 Å². The molecule has 0 aliphatic carbocycles. The summed E-state index contributed by atoms with van der Waals surface area (Å²) in [7, 11) is 1.81. The Morgan fingerprint density at radius 1 is 1.24 bits per heavy atom. The van der Waals surface area contributed by atoms with Crippen molar-refractivity contribution in [2.24, 2.45) is 4.99 Å². The number of rotatable bonds is 5. The van der Waals surface area contributed by atoms with Crippen molar-refractivity contribution in [3.63, 3.8) is 0 Å². The van der Waals surface area contributed by atoms with Gasteiger partial charge in [0.05, 0.1) is 12.2 Å². The van der Waals surface area contributed by atoms with E-state index in [1.165, 1.54) is 32.4 Å². The molecular formula is C16H27N5. The Morgan fingerprint density at radius 2 is 2.05 bits per heavy atom. The van der Waals surface area contributed by atoms with E-state index in [1.807, 2.05) is 25.1 Å². The van der Waals surface area contributed by atoms with E-state index in [0.717, 1.165) is 30.4 Å². The molecule has 5 nitrogen and oxygen atoms in total. The predicted molar refractivity (Wildman–Crippen MR) is 87.5 cm³/mol. The summed E-state index contributed by atoms with van der Waals surface area (Å²) < 4.78 is 0. The minimum absolute atomic E-state index is 0.699. The van der Waals surface area contributed by atoms with Crippen molar-refractivity contribution in [1.82, 2.24) is 20.5 Å². The van der Waals surface area contributed by atoms with Crippen LogP contribution in [0.5, 0.6) is 0 Å². The molecule has 0 bridgehead atoms. The number of piperidine rings is 1. The number of hydrogen-bond acceptors (Lipinski definition) is 3. The number of nitrogens with one attached hydrogen (secondary N) is 2. The highest BCUT2D eigenvalue weighted by atomic mass is 15.2. The number of pyridine rings is 1. The lowest BCUT2D eigenvalue weighted by molar-refractivity contribution is 0.232. The van der Waals surface area contributed by atoms with Crippen molar-refractivity contribution < 1.29 is 0 Å². The van der Waals surface area contributed by atoms with Gasteiger partial charge in [-0.05, 0) is 45.0 Å². The van der Waals surface area contributed by atoms with E-state index in [-0.39, 0.29) is 0 Å². The zero-order chi connectivity index (χ0) is 14.9. The average molecular weight is 289 g/mol. The number of hydrogen-bond donors (Lipinski definition) is 2. The molecule has 0 aromatic carbocycles. The zero-order valence-corrected chi connectivity index (χ0v) is 13.2. The number of aryl methyl sites for hydroxylation is 1. The fraction of sp³-hybridized carbons (Fsp3) is 0.625. The maximum Gasteiger partial charge on any atom is 0.191 e. The molecule has 0 spiro atoms. The molecule has 2 N–H and O–H groups in total. The molecule has 0 amide bonds. The monoisotopic (exact) mass is 289 g/mol. The molecule has 1 aromatic heterocycles. The SMILES string of the molecule is CN=C(NCCN1CCCCC1)NCc1cccc(C)n1. The first-order valence-corrected chi connectivity index (χ1v) is 7.87. The van der Waals surface area contributed by atoms with Gasteiger partial charge >= 0.3 is 0 Å². The van der Waals surface area contributed by atoms with Gasteiger partial charge in [-0.25, -0.2) is 0 Å². The highest BCUT2D eigenvalue weighted by Gasteiger charge is 2.09. The van der Waals surface area contributed by atoms with Crippen molar-refractivity contribution in [1.29, 1.82) is 0 Å². The van der Waals surface area contributed by atoms with Gasteiger partial charge in [-0.15, -0.1) is 0 Å². The summed E-state index contributed by atoms with van der Waals surface area (Å²) in [5, 5.41) is 6.68. The molecule has 1 aliphatic rings. The number of nitrogens with zero attached hydrogens (tertiary/aromatic N) is 3. The normalized spacial score (nSPS) is 16.8. The number of aromatic nitrogens is 1. The Balaban J connectivity index is 1.68. The van der Waals surface area contributed by atoms with Crippen LogP contribution >= 0.6 is 0 Å². The Morgan fingerprint density at radius 3 is 2.76 bits per heavy atom. The van der Waals surface area contributed by atoms with Crippen molar-refractivity contribution >= 4 is 5.96 Å². The molecule has 1 aromatic rings. The van der Waals surface area contributed by atoms with Gasteiger partial charge in [-0.2, -0.15) is 0 Å². The number of likely N-dealkylation sites (tertiary alicyclic amines) is 1. The van der Waals surface area contributed by atoms with Crippen LogP contribution in [0.3, 0.4) is 0 Å². The van der Waals surface area contributed by atoms with Gasteiger partial charge in [0.15, 0.2) is 5.96 Å². The van der Waals surface area contributed by atoms with Gasteiger partial charge < -0.3 is 15.5 Å². The third-order valence-electron chi connectivity index (χ3n) is 3.78. The summed E-state index contributed by atoms with van der Waals surface area (Å²) >= 11 is 0. The third kappa shape index (κ3) is 5.71. The van der Waals surface area contributed by atoms with E-state index in [2.05, 4.69) is 25.5 Å². The second kappa shape index (κ2) is 8.62. The zero-order valence-electron chi connectivity index (χ0n) is 13.2. The van der Waals surface area contributed by atoms with Crippen LogP contribution in [0.25, 0.3) is 0 Å². The lowest BCUT2D eigenvalue weighted by Gasteiger charge is -2.26. The summed E-state index contributed by atoms with van der Waals surface area (Å²) in [5.74, 6) is 0.843. The molecular weight excluding hydrogens is 262 g/mol. The Labute approximate surface area is 127 Å². The highest BCUT2D eigenvalue weighted by Crippen LogP contribution is 2.07. The molecule has 1 aliphatic heterocycles. The van der Waals surface area contributed by atoms with E-state index in [0.29, 0.717) is 6.54 Å². The Hall–Kier alpha value is -1.62.